The summed E-state index contributed by atoms with van der Waals surface area (Å²) in [6.07, 6.45) is 5.39. The summed E-state index contributed by atoms with van der Waals surface area (Å²) in [5.41, 5.74) is 3.00. The Balaban J connectivity index is 2.39. The SMILES string of the molecule is C=Cc1ccc(-c2cnc(C)nc2)[nH]1. The number of hydrogen-bond donors (Lipinski definition) is 1. The van der Waals surface area contributed by atoms with Gasteiger partial charge in [0.15, 0.2) is 0 Å². The minimum absolute atomic E-state index is 0.782. The maximum atomic E-state index is 4.13. The Kier molecular flexibility index (Phi) is 2.14. The molecule has 2 heterocycles. The van der Waals surface area contributed by atoms with Crippen LogP contribution in [0, 0.1) is 6.92 Å². The van der Waals surface area contributed by atoms with Crippen LogP contribution in [0.3, 0.4) is 0 Å². The average Bonchev–Trinajstić information content (AvgIpc) is 2.67. The molecule has 0 saturated heterocycles. The van der Waals surface area contributed by atoms with E-state index in [4.69, 9.17) is 0 Å². The summed E-state index contributed by atoms with van der Waals surface area (Å²) < 4.78 is 0. The Morgan fingerprint density at radius 2 is 2.00 bits per heavy atom. The first-order valence-corrected chi connectivity index (χ1v) is 4.40. The third-order valence-corrected chi connectivity index (χ3v) is 2.02. The van der Waals surface area contributed by atoms with Crippen LogP contribution in [0.15, 0.2) is 31.1 Å². The lowest BCUT2D eigenvalue weighted by Crippen LogP contribution is -1.87. The Morgan fingerprint density at radius 1 is 1.29 bits per heavy atom. The van der Waals surface area contributed by atoms with E-state index in [0.717, 1.165) is 22.8 Å². The molecule has 0 saturated carbocycles. The summed E-state index contributed by atoms with van der Waals surface area (Å²) in [5, 5.41) is 0. The van der Waals surface area contributed by atoms with Crippen LogP contribution in [0.4, 0.5) is 0 Å². The zero-order valence-corrected chi connectivity index (χ0v) is 7.99. The van der Waals surface area contributed by atoms with E-state index in [-0.39, 0.29) is 0 Å². The zero-order chi connectivity index (χ0) is 9.97. The van der Waals surface area contributed by atoms with Crippen molar-refractivity contribution in [1.29, 1.82) is 0 Å². The van der Waals surface area contributed by atoms with Crippen LogP contribution >= 0.6 is 0 Å². The van der Waals surface area contributed by atoms with E-state index in [1.165, 1.54) is 0 Å². The fraction of sp³-hybridized carbons (Fsp3) is 0.0909. The molecule has 70 valence electrons. The average molecular weight is 185 g/mol. The van der Waals surface area contributed by atoms with Crippen molar-refractivity contribution in [3.05, 3.63) is 42.6 Å². The number of nitrogens with one attached hydrogen (secondary N) is 1. The second-order valence-electron chi connectivity index (χ2n) is 3.05. The van der Waals surface area contributed by atoms with E-state index >= 15 is 0 Å². The smallest absolute Gasteiger partial charge is 0.125 e. The summed E-state index contributed by atoms with van der Waals surface area (Å²) in [5.74, 6) is 0.782. The Bertz CT molecular complexity index is 440. The minimum Gasteiger partial charge on any atom is -0.355 e. The van der Waals surface area contributed by atoms with Crippen LogP contribution in [0.2, 0.25) is 0 Å². The molecule has 14 heavy (non-hydrogen) atoms. The lowest BCUT2D eigenvalue weighted by Gasteiger charge is -1.96. The number of H-pyrrole nitrogens is 1. The van der Waals surface area contributed by atoms with Gasteiger partial charge >= 0.3 is 0 Å². The highest BCUT2D eigenvalue weighted by Gasteiger charge is 2.00. The normalized spacial score (nSPS) is 10.1. The molecule has 0 amide bonds. The molecule has 0 radical (unpaired) electrons. The Labute approximate surface area is 82.5 Å². The van der Waals surface area contributed by atoms with Gasteiger partial charge in [-0.05, 0) is 25.1 Å². The molecule has 2 aromatic rings. The van der Waals surface area contributed by atoms with Crippen molar-refractivity contribution in [1.82, 2.24) is 15.0 Å². The van der Waals surface area contributed by atoms with Gasteiger partial charge in [0, 0.05) is 29.3 Å². The first-order valence-electron chi connectivity index (χ1n) is 4.40. The highest BCUT2D eigenvalue weighted by atomic mass is 14.9. The summed E-state index contributed by atoms with van der Waals surface area (Å²) in [6.45, 7) is 5.56. The predicted octanol–water partition coefficient (Wildman–Crippen LogP) is 2.42. The topological polar surface area (TPSA) is 41.6 Å². The van der Waals surface area contributed by atoms with Gasteiger partial charge < -0.3 is 4.98 Å². The Hall–Kier alpha value is -1.90. The number of aromatic amines is 1. The molecule has 0 bridgehead atoms. The van der Waals surface area contributed by atoms with Crippen LogP contribution in [0.25, 0.3) is 17.3 Å². The van der Waals surface area contributed by atoms with Crippen molar-refractivity contribution in [3.63, 3.8) is 0 Å². The third-order valence-electron chi connectivity index (χ3n) is 2.02. The largest absolute Gasteiger partial charge is 0.355 e. The Morgan fingerprint density at radius 3 is 2.57 bits per heavy atom. The van der Waals surface area contributed by atoms with E-state index in [1.807, 2.05) is 19.1 Å². The van der Waals surface area contributed by atoms with Crippen molar-refractivity contribution in [2.24, 2.45) is 0 Å². The second kappa shape index (κ2) is 3.46. The maximum absolute atomic E-state index is 4.13. The predicted molar refractivity (Wildman–Crippen MR) is 56.6 cm³/mol. The molecule has 2 rings (SSSR count). The van der Waals surface area contributed by atoms with Crippen molar-refractivity contribution < 1.29 is 0 Å². The minimum atomic E-state index is 0.782. The highest BCUT2D eigenvalue weighted by Crippen LogP contribution is 2.16. The van der Waals surface area contributed by atoms with Crippen LogP contribution < -0.4 is 0 Å². The molecule has 0 atom stereocenters. The standard InChI is InChI=1S/C11H11N3/c1-3-10-4-5-11(14-10)9-6-12-8(2)13-7-9/h3-7,14H,1H2,2H3. The van der Waals surface area contributed by atoms with E-state index < -0.39 is 0 Å². The number of aromatic nitrogens is 3. The van der Waals surface area contributed by atoms with Crippen molar-refractivity contribution in [2.75, 3.05) is 0 Å². The molecule has 0 aliphatic carbocycles. The van der Waals surface area contributed by atoms with Gasteiger partial charge in [-0.3, -0.25) is 0 Å². The van der Waals surface area contributed by atoms with Gasteiger partial charge in [-0.1, -0.05) is 6.58 Å². The molecule has 0 aromatic carbocycles. The fourth-order valence-corrected chi connectivity index (χ4v) is 1.23. The summed E-state index contributed by atoms with van der Waals surface area (Å²) >= 11 is 0. The van der Waals surface area contributed by atoms with E-state index in [2.05, 4.69) is 21.5 Å². The molecule has 0 fully saturated rings. The van der Waals surface area contributed by atoms with Crippen LogP contribution in [-0.4, -0.2) is 15.0 Å². The van der Waals surface area contributed by atoms with E-state index in [9.17, 15) is 0 Å². The van der Waals surface area contributed by atoms with Crippen LogP contribution in [0.5, 0.6) is 0 Å². The van der Waals surface area contributed by atoms with Gasteiger partial charge in [-0.15, -0.1) is 0 Å². The van der Waals surface area contributed by atoms with Gasteiger partial charge in [0.25, 0.3) is 0 Å². The van der Waals surface area contributed by atoms with Crippen molar-refractivity contribution in [3.8, 4) is 11.3 Å². The number of rotatable bonds is 2. The highest BCUT2D eigenvalue weighted by molar-refractivity contribution is 5.60. The van der Waals surface area contributed by atoms with Crippen LogP contribution in [-0.2, 0) is 0 Å². The molecular formula is C11H11N3. The summed E-state index contributed by atoms with van der Waals surface area (Å²) in [4.78, 5) is 11.5. The van der Waals surface area contributed by atoms with E-state index in [0.29, 0.717) is 0 Å². The molecule has 0 aliphatic heterocycles. The monoisotopic (exact) mass is 185 g/mol. The van der Waals surface area contributed by atoms with Gasteiger partial charge in [0.05, 0.1) is 0 Å². The van der Waals surface area contributed by atoms with Gasteiger partial charge in [0.1, 0.15) is 5.82 Å². The second-order valence-corrected chi connectivity index (χ2v) is 3.05. The van der Waals surface area contributed by atoms with E-state index in [1.54, 1.807) is 18.5 Å². The molecule has 3 heteroatoms. The first-order chi connectivity index (χ1) is 6.79. The molecule has 2 aromatic heterocycles. The van der Waals surface area contributed by atoms with Gasteiger partial charge in [0.2, 0.25) is 0 Å². The molecule has 0 unspecified atom stereocenters. The fourth-order valence-electron chi connectivity index (χ4n) is 1.23. The number of nitrogens with zero attached hydrogens (tertiary/aromatic N) is 2. The molecule has 1 N–H and O–H groups in total. The molecular weight excluding hydrogens is 174 g/mol. The molecule has 0 aliphatic rings. The number of hydrogen-bond acceptors (Lipinski definition) is 2. The maximum Gasteiger partial charge on any atom is 0.125 e. The summed E-state index contributed by atoms with van der Waals surface area (Å²) in [7, 11) is 0. The van der Waals surface area contributed by atoms with Crippen molar-refractivity contribution in [2.45, 2.75) is 6.92 Å². The van der Waals surface area contributed by atoms with Gasteiger partial charge in [-0.2, -0.15) is 0 Å². The summed E-state index contributed by atoms with van der Waals surface area (Å²) in [6, 6.07) is 3.97. The number of aryl methyl sites for hydroxylation is 1. The lowest BCUT2D eigenvalue weighted by molar-refractivity contribution is 1.05. The molecule has 3 nitrogen and oxygen atoms in total. The zero-order valence-electron chi connectivity index (χ0n) is 7.99. The van der Waals surface area contributed by atoms with Gasteiger partial charge in [-0.25, -0.2) is 9.97 Å². The lowest BCUT2D eigenvalue weighted by atomic mass is 10.2. The van der Waals surface area contributed by atoms with Crippen molar-refractivity contribution >= 4 is 6.08 Å². The van der Waals surface area contributed by atoms with Crippen LogP contribution in [0.1, 0.15) is 11.5 Å². The molecule has 0 spiro atoms. The third kappa shape index (κ3) is 1.57. The first kappa shape index (κ1) is 8.69. The quantitative estimate of drug-likeness (QED) is 0.780.